The lowest BCUT2D eigenvalue weighted by molar-refractivity contribution is 0.414. The zero-order valence-electron chi connectivity index (χ0n) is 10.6. The fourth-order valence-corrected chi connectivity index (χ4v) is 2.64. The summed E-state index contributed by atoms with van der Waals surface area (Å²) in [7, 11) is -2.01. The molecule has 0 fully saturated rings. The van der Waals surface area contributed by atoms with E-state index >= 15 is 0 Å². The number of ether oxygens (including phenoxy) is 1. The average molecular weight is 295 g/mol. The number of hydrogen-bond acceptors (Lipinski definition) is 4. The Kier molecular flexibility index (Phi) is 6.09. The number of hydrogen-bond donors (Lipinski definition) is 2. The number of sulfonamides is 1. The molecule has 0 heterocycles. The minimum Gasteiger partial charge on any atom is -0.497 e. The van der Waals surface area contributed by atoms with Crippen LogP contribution in [0, 0.1) is 0 Å². The summed E-state index contributed by atoms with van der Waals surface area (Å²) in [6.45, 7) is 3.69. The molecule has 0 spiro atoms. The molecule has 3 N–H and O–H groups in total. The van der Waals surface area contributed by atoms with Crippen LogP contribution in [0.3, 0.4) is 0 Å². The van der Waals surface area contributed by atoms with Gasteiger partial charge < -0.3 is 10.5 Å². The monoisotopic (exact) mass is 294 g/mol. The van der Waals surface area contributed by atoms with Crippen molar-refractivity contribution in [3.63, 3.8) is 0 Å². The number of nitrogens with two attached hydrogens (primary N) is 1. The molecule has 0 atom stereocenters. The first-order valence-corrected chi connectivity index (χ1v) is 6.67. The third-order valence-electron chi connectivity index (χ3n) is 2.29. The molecule has 0 bridgehead atoms. The predicted octanol–water partition coefficient (Wildman–Crippen LogP) is 1.13. The summed E-state index contributed by atoms with van der Waals surface area (Å²) in [5.41, 5.74) is 4.82. The van der Waals surface area contributed by atoms with Crippen LogP contribution in [0.2, 0.25) is 0 Å². The standard InChI is InChI=1S/C11H18N2O3S.ClH/c1-11(2,8-12)13-17(14,15)10-6-4-9(16-3)5-7-10;/h4-7,13H,8,12H2,1-3H3;1H. The van der Waals surface area contributed by atoms with Crippen molar-refractivity contribution in [2.45, 2.75) is 24.3 Å². The van der Waals surface area contributed by atoms with Crippen molar-refractivity contribution in [1.82, 2.24) is 4.72 Å². The molecule has 18 heavy (non-hydrogen) atoms. The molecule has 0 aliphatic carbocycles. The topological polar surface area (TPSA) is 81.4 Å². The zero-order chi connectivity index (χ0) is 13.1. The summed E-state index contributed by atoms with van der Waals surface area (Å²) in [6.07, 6.45) is 0. The van der Waals surface area contributed by atoms with Gasteiger partial charge in [0.2, 0.25) is 10.0 Å². The van der Waals surface area contributed by atoms with Gasteiger partial charge in [-0.3, -0.25) is 0 Å². The van der Waals surface area contributed by atoms with Gasteiger partial charge in [-0.15, -0.1) is 12.4 Å². The Morgan fingerprint density at radius 3 is 2.17 bits per heavy atom. The highest BCUT2D eigenvalue weighted by Crippen LogP contribution is 2.16. The molecule has 0 aliphatic rings. The highest BCUT2D eigenvalue weighted by molar-refractivity contribution is 7.89. The SMILES string of the molecule is COc1ccc(S(=O)(=O)NC(C)(C)CN)cc1.Cl. The van der Waals surface area contributed by atoms with Crippen LogP contribution in [0.4, 0.5) is 0 Å². The van der Waals surface area contributed by atoms with Crippen molar-refractivity contribution < 1.29 is 13.2 Å². The van der Waals surface area contributed by atoms with Gasteiger partial charge in [0.05, 0.1) is 12.0 Å². The molecule has 0 saturated heterocycles. The Balaban J connectivity index is 0.00000289. The molecule has 0 radical (unpaired) electrons. The molecular formula is C11H19ClN2O3S. The number of nitrogens with one attached hydrogen (secondary N) is 1. The van der Waals surface area contributed by atoms with E-state index in [2.05, 4.69) is 4.72 Å². The first kappa shape index (κ1) is 17.2. The number of benzene rings is 1. The van der Waals surface area contributed by atoms with Crippen LogP contribution >= 0.6 is 12.4 Å². The molecule has 0 aliphatic heterocycles. The van der Waals surface area contributed by atoms with Gasteiger partial charge in [-0.05, 0) is 38.1 Å². The van der Waals surface area contributed by atoms with Crippen LogP contribution in [-0.2, 0) is 10.0 Å². The highest BCUT2D eigenvalue weighted by atomic mass is 35.5. The maximum absolute atomic E-state index is 12.0. The number of methoxy groups -OCH3 is 1. The summed E-state index contributed by atoms with van der Waals surface area (Å²) >= 11 is 0. The predicted molar refractivity (Wildman–Crippen MR) is 73.7 cm³/mol. The molecular weight excluding hydrogens is 276 g/mol. The molecule has 1 aromatic rings. The van der Waals surface area contributed by atoms with Gasteiger partial charge in [0.15, 0.2) is 0 Å². The van der Waals surface area contributed by atoms with Crippen LogP contribution in [0.25, 0.3) is 0 Å². The Hall–Kier alpha value is -0.820. The normalized spacial score (nSPS) is 11.8. The van der Waals surface area contributed by atoms with E-state index in [-0.39, 0.29) is 23.8 Å². The van der Waals surface area contributed by atoms with Crippen LogP contribution in [-0.4, -0.2) is 27.6 Å². The molecule has 1 rings (SSSR count). The molecule has 0 aromatic heterocycles. The molecule has 1 aromatic carbocycles. The Morgan fingerprint density at radius 1 is 1.28 bits per heavy atom. The lowest BCUT2D eigenvalue weighted by atomic mass is 10.1. The second kappa shape index (κ2) is 6.38. The van der Waals surface area contributed by atoms with Gasteiger partial charge in [-0.2, -0.15) is 0 Å². The minimum absolute atomic E-state index is 0. The van der Waals surface area contributed by atoms with E-state index in [1.807, 2.05) is 0 Å². The lowest BCUT2D eigenvalue weighted by Gasteiger charge is -2.23. The minimum atomic E-state index is -3.54. The summed E-state index contributed by atoms with van der Waals surface area (Å²) < 4.78 is 31.5. The average Bonchev–Trinajstić information content (AvgIpc) is 2.28. The zero-order valence-corrected chi connectivity index (χ0v) is 12.3. The first-order chi connectivity index (χ1) is 7.80. The maximum Gasteiger partial charge on any atom is 0.241 e. The number of rotatable bonds is 5. The fraction of sp³-hybridized carbons (Fsp3) is 0.455. The maximum atomic E-state index is 12.0. The van der Waals surface area contributed by atoms with Crippen molar-refractivity contribution in [1.29, 1.82) is 0 Å². The largest absolute Gasteiger partial charge is 0.497 e. The van der Waals surface area contributed by atoms with Crippen molar-refractivity contribution in [3.05, 3.63) is 24.3 Å². The van der Waals surface area contributed by atoms with E-state index in [1.165, 1.54) is 19.2 Å². The highest BCUT2D eigenvalue weighted by Gasteiger charge is 2.24. The van der Waals surface area contributed by atoms with Crippen molar-refractivity contribution in [2.75, 3.05) is 13.7 Å². The Labute approximate surface area is 114 Å². The van der Waals surface area contributed by atoms with Crippen LogP contribution in [0.1, 0.15) is 13.8 Å². The summed E-state index contributed by atoms with van der Waals surface area (Å²) in [5.74, 6) is 0.613. The summed E-state index contributed by atoms with van der Waals surface area (Å²) in [5, 5.41) is 0. The third-order valence-corrected chi connectivity index (χ3v) is 4.00. The first-order valence-electron chi connectivity index (χ1n) is 5.19. The second-order valence-electron chi connectivity index (χ2n) is 4.37. The third kappa shape index (κ3) is 4.45. The lowest BCUT2D eigenvalue weighted by Crippen LogP contribution is -2.48. The quantitative estimate of drug-likeness (QED) is 0.853. The van der Waals surface area contributed by atoms with E-state index in [9.17, 15) is 8.42 Å². The molecule has 104 valence electrons. The second-order valence-corrected chi connectivity index (χ2v) is 6.05. The molecule has 0 amide bonds. The molecule has 7 heteroatoms. The molecule has 0 unspecified atom stereocenters. The molecule has 5 nitrogen and oxygen atoms in total. The van der Waals surface area contributed by atoms with E-state index in [4.69, 9.17) is 10.5 Å². The van der Waals surface area contributed by atoms with Crippen LogP contribution in [0.15, 0.2) is 29.2 Å². The van der Waals surface area contributed by atoms with Crippen LogP contribution < -0.4 is 15.2 Å². The number of halogens is 1. The van der Waals surface area contributed by atoms with Crippen molar-refractivity contribution >= 4 is 22.4 Å². The van der Waals surface area contributed by atoms with Crippen molar-refractivity contribution in [2.24, 2.45) is 5.73 Å². The summed E-state index contributed by atoms with van der Waals surface area (Å²) in [6, 6.07) is 6.19. The Morgan fingerprint density at radius 2 is 1.78 bits per heavy atom. The fourth-order valence-electron chi connectivity index (χ4n) is 1.22. The van der Waals surface area contributed by atoms with Gasteiger partial charge >= 0.3 is 0 Å². The molecule has 0 saturated carbocycles. The van der Waals surface area contributed by atoms with Gasteiger partial charge in [0, 0.05) is 12.1 Å². The van der Waals surface area contributed by atoms with E-state index in [0.717, 1.165) is 0 Å². The van der Waals surface area contributed by atoms with Crippen LogP contribution in [0.5, 0.6) is 5.75 Å². The summed E-state index contributed by atoms with van der Waals surface area (Å²) in [4.78, 5) is 0.194. The Bertz CT molecular complexity index is 472. The van der Waals surface area contributed by atoms with Gasteiger partial charge in [0.25, 0.3) is 0 Å². The van der Waals surface area contributed by atoms with Gasteiger partial charge in [0.1, 0.15) is 5.75 Å². The van der Waals surface area contributed by atoms with E-state index in [1.54, 1.807) is 26.0 Å². The van der Waals surface area contributed by atoms with Gasteiger partial charge in [-0.25, -0.2) is 13.1 Å². The van der Waals surface area contributed by atoms with Crippen molar-refractivity contribution in [3.8, 4) is 5.75 Å². The van der Waals surface area contributed by atoms with E-state index in [0.29, 0.717) is 5.75 Å². The van der Waals surface area contributed by atoms with E-state index < -0.39 is 15.6 Å². The smallest absolute Gasteiger partial charge is 0.241 e. The van der Waals surface area contributed by atoms with Gasteiger partial charge in [-0.1, -0.05) is 0 Å².